The molecular formula is C10H12N2O5. The number of carbonyl (C=O) groups excluding carboxylic acids is 1. The van der Waals surface area contributed by atoms with Gasteiger partial charge in [-0.05, 0) is 13.8 Å². The Morgan fingerprint density at radius 3 is 2.47 bits per heavy atom. The van der Waals surface area contributed by atoms with Gasteiger partial charge in [0.05, 0.1) is 0 Å². The van der Waals surface area contributed by atoms with E-state index in [2.05, 4.69) is 11.4 Å². The molecule has 0 unspecified atom stereocenters. The quantitative estimate of drug-likeness (QED) is 0.245. The molecule has 92 valence electrons. The molecule has 0 bridgehead atoms. The van der Waals surface area contributed by atoms with Gasteiger partial charge in [0.2, 0.25) is 0 Å². The fourth-order valence-electron chi connectivity index (χ4n) is 1.50. The summed E-state index contributed by atoms with van der Waals surface area (Å²) in [5.74, 6) is -3.62. The molecule has 0 radical (unpaired) electrons. The monoisotopic (exact) mass is 240 g/mol. The van der Waals surface area contributed by atoms with Crippen LogP contribution in [0, 0.1) is 0 Å². The summed E-state index contributed by atoms with van der Waals surface area (Å²) in [5.41, 5.74) is 7.48. The Hall–Kier alpha value is -1.82. The number of carbonyl (C=O) groups is 2. The van der Waals surface area contributed by atoms with Gasteiger partial charge >= 0.3 is 11.7 Å². The Bertz CT molecular complexity index is 422. The lowest BCUT2D eigenvalue weighted by Gasteiger charge is -2.15. The number of ketones is 1. The zero-order valence-corrected chi connectivity index (χ0v) is 9.41. The predicted molar refractivity (Wildman–Crippen MR) is 55.3 cm³/mol. The molecule has 2 atom stereocenters. The van der Waals surface area contributed by atoms with Crippen LogP contribution in [-0.4, -0.2) is 45.4 Å². The van der Waals surface area contributed by atoms with Crippen molar-refractivity contribution in [1.82, 2.24) is 0 Å². The Kier molecular flexibility index (Phi) is 3.57. The largest absolute Gasteiger partial charge is 0.472 e. The molecule has 1 heterocycles. The molecular weight excluding hydrogens is 228 g/mol. The summed E-state index contributed by atoms with van der Waals surface area (Å²) in [6.45, 7) is 6.62. The SMILES string of the molecule is C=C[C@@H]1OC(C)(C)O[C@@H]1C(=O)C(=[N+]=[N-])C(=O)O. The Balaban J connectivity index is 3.00. The standard InChI is InChI=1S/C10H12N2O5/c1-4-5-8(17-10(2,3)16-5)7(13)6(12-11)9(14)15/h4-5,8H,1H2,2-3H3,(H,14,15)/t5-,8-/m0/s1. The molecule has 1 saturated heterocycles. The average molecular weight is 240 g/mol. The van der Waals surface area contributed by atoms with Crippen molar-refractivity contribution < 1.29 is 29.0 Å². The summed E-state index contributed by atoms with van der Waals surface area (Å²) in [4.78, 5) is 24.8. The van der Waals surface area contributed by atoms with Gasteiger partial charge in [-0.15, -0.1) is 6.58 Å². The van der Waals surface area contributed by atoms with Crippen LogP contribution in [0.25, 0.3) is 5.53 Å². The van der Waals surface area contributed by atoms with Gasteiger partial charge in [0.15, 0.2) is 11.9 Å². The maximum absolute atomic E-state index is 11.8. The molecule has 0 aromatic carbocycles. The van der Waals surface area contributed by atoms with E-state index in [4.69, 9.17) is 20.1 Å². The molecule has 7 nitrogen and oxygen atoms in total. The van der Waals surface area contributed by atoms with E-state index in [0.29, 0.717) is 0 Å². The first-order valence-corrected chi connectivity index (χ1v) is 4.80. The number of aliphatic carboxylic acids is 1. The lowest BCUT2D eigenvalue weighted by atomic mass is 10.1. The summed E-state index contributed by atoms with van der Waals surface area (Å²) in [7, 11) is 0. The van der Waals surface area contributed by atoms with Crippen LogP contribution < -0.4 is 0 Å². The minimum atomic E-state index is -1.63. The van der Waals surface area contributed by atoms with Crippen molar-refractivity contribution in [3.63, 3.8) is 0 Å². The highest BCUT2D eigenvalue weighted by molar-refractivity contribution is 6.62. The fourth-order valence-corrected chi connectivity index (χ4v) is 1.50. The molecule has 0 amide bonds. The zero-order chi connectivity index (χ0) is 13.2. The van der Waals surface area contributed by atoms with Crippen LogP contribution in [0.1, 0.15) is 13.8 Å². The van der Waals surface area contributed by atoms with Crippen LogP contribution in [0.4, 0.5) is 0 Å². The molecule has 0 saturated carbocycles. The maximum atomic E-state index is 11.8. The number of carboxylic acid groups (broad SMARTS) is 1. The maximum Gasteiger partial charge on any atom is 0.444 e. The lowest BCUT2D eigenvalue weighted by molar-refractivity contribution is -0.153. The minimum absolute atomic E-state index is 0.784. The summed E-state index contributed by atoms with van der Waals surface area (Å²) in [5, 5.41) is 8.66. The Labute approximate surface area is 97.3 Å². The molecule has 1 rings (SSSR count). The minimum Gasteiger partial charge on any atom is -0.472 e. The molecule has 0 spiro atoms. The average Bonchev–Trinajstić information content (AvgIpc) is 2.54. The topological polar surface area (TPSA) is 109 Å². The van der Waals surface area contributed by atoms with Crippen LogP contribution >= 0.6 is 0 Å². The van der Waals surface area contributed by atoms with E-state index in [9.17, 15) is 9.59 Å². The number of hydrogen-bond donors (Lipinski definition) is 1. The number of rotatable bonds is 4. The Morgan fingerprint density at radius 1 is 1.47 bits per heavy atom. The second-order valence-electron chi connectivity index (χ2n) is 3.87. The van der Waals surface area contributed by atoms with Crippen molar-refractivity contribution in [2.75, 3.05) is 0 Å². The van der Waals surface area contributed by atoms with Crippen molar-refractivity contribution >= 4 is 17.5 Å². The number of Topliss-reactive ketones (excluding diaryl/α,β-unsaturated/α-hetero) is 1. The van der Waals surface area contributed by atoms with Gasteiger partial charge in [-0.3, -0.25) is 4.79 Å². The highest BCUT2D eigenvalue weighted by Crippen LogP contribution is 2.29. The summed E-state index contributed by atoms with van der Waals surface area (Å²) in [6, 6.07) is 0. The normalized spacial score (nSPS) is 26.0. The Morgan fingerprint density at radius 2 is 2.06 bits per heavy atom. The lowest BCUT2D eigenvalue weighted by Crippen LogP contribution is -2.39. The third-order valence-corrected chi connectivity index (χ3v) is 2.16. The number of carboxylic acids is 1. The van der Waals surface area contributed by atoms with Crippen molar-refractivity contribution in [1.29, 1.82) is 0 Å². The van der Waals surface area contributed by atoms with E-state index in [1.807, 2.05) is 0 Å². The van der Waals surface area contributed by atoms with Gasteiger partial charge < -0.3 is 20.1 Å². The van der Waals surface area contributed by atoms with Crippen molar-refractivity contribution in [3.8, 4) is 0 Å². The van der Waals surface area contributed by atoms with Crippen molar-refractivity contribution in [3.05, 3.63) is 18.2 Å². The van der Waals surface area contributed by atoms with E-state index in [0.717, 1.165) is 0 Å². The third-order valence-electron chi connectivity index (χ3n) is 2.16. The first kappa shape index (κ1) is 13.2. The third kappa shape index (κ3) is 2.65. The molecule has 17 heavy (non-hydrogen) atoms. The summed E-state index contributed by atoms with van der Waals surface area (Å²) >= 11 is 0. The first-order valence-electron chi connectivity index (χ1n) is 4.80. The van der Waals surface area contributed by atoms with E-state index < -0.39 is 35.5 Å². The molecule has 1 fully saturated rings. The van der Waals surface area contributed by atoms with E-state index in [1.54, 1.807) is 13.8 Å². The molecule has 7 heteroatoms. The van der Waals surface area contributed by atoms with E-state index in [-0.39, 0.29) is 0 Å². The van der Waals surface area contributed by atoms with Crippen LogP contribution in [0.5, 0.6) is 0 Å². The molecule has 1 aliphatic heterocycles. The highest BCUT2D eigenvalue weighted by Gasteiger charge is 2.49. The number of hydrogen-bond acceptors (Lipinski definition) is 4. The van der Waals surface area contributed by atoms with Gasteiger partial charge in [0, 0.05) is 0 Å². The van der Waals surface area contributed by atoms with Gasteiger partial charge in [-0.2, -0.15) is 4.79 Å². The smallest absolute Gasteiger partial charge is 0.444 e. The van der Waals surface area contributed by atoms with Crippen molar-refractivity contribution in [2.45, 2.75) is 31.8 Å². The zero-order valence-electron chi connectivity index (χ0n) is 9.41. The van der Waals surface area contributed by atoms with E-state index in [1.165, 1.54) is 6.08 Å². The van der Waals surface area contributed by atoms with E-state index >= 15 is 0 Å². The number of nitrogens with zero attached hydrogens (tertiary/aromatic N) is 2. The number of ether oxygens (including phenoxy) is 2. The van der Waals surface area contributed by atoms with Crippen LogP contribution in [-0.2, 0) is 19.1 Å². The van der Waals surface area contributed by atoms with Gasteiger partial charge in [-0.1, -0.05) is 6.08 Å². The van der Waals surface area contributed by atoms with Crippen LogP contribution in [0.3, 0.4) is 0 Å². The fraction of sp³-hybridized carbons (Fsp3) is 0.500. The van der Waals surface area contributed by atoms with Gasteiger partial charge in [0.25, 0.3) is 5.78 Å². The van der Waals surface area contributed by atoms with Crippen molar-refractivity contribution in [2.24, 2.45) is 0 Å². The highest BCUT2D eigenvalue weighted by atomic mass is 16.8. The van der Waals surface area contributed by atoms with Crippen LogP contribution in [0.15, 0.2) is 12.7 Å². The first-order chi connectivity index (χ1) is 7.82. The molecule has 1 N–H and O–H groups in total. The van der Waals surface area contributed by atoms with Gasteiger partial charge in [-0.25, -0.2) is 4.79 Å². The molecule has 1 aliphatic rings. The summed E-state index contributed by atoms with van der Waals surface area (Å²) < 4.78 is 10.6. The predicted octanol–water partition coefficient (Wildman–Crippen LogP) is 0.0170. The summed E-state index contributed by atoms with van der Waals surface area (Å²) in [6.07, 6.45) is -0.633. The molecule has 0 aromatic rings. The second-order valence-corrected chi connectivity index (χ2v) is 3.87. The van der Waals surface area contributed by atoms with Gasteiger partial charge in [0.1, 0.15) is 6.10 Å². The second kappa shape index (κ2) is 4.58. The molecule has 0 aliphatic carbocycles. The van der Waals surface area contributed by atoms with Crippen LogP contribution in [0.2, 0.25) is 0 Å². The molecule has 0 aromatic heterocycles.